The molecule has 0 bridgehead atoms. The highest BCUT2D eigenvalue weighted by Gasteiger charge is 2.63. The van der Waals surface area contributed by atoms with Gasteiger partial charge in [-0.05, 0) is 144 Å². The van der Waals surface area contributed by atoms with Crippen LogP contribution in [0.15, 0.2) is 24.3 Å². The molecular formula is C34H49IO5. The topological polar surface area (TPSA) is 61.8 Å². The van der Waals surface area contributed by atoms with E-state index in [9.17, 15) is 9.59 Å². The second-order valence-corrected chi connectivity index (χ2v) is 15.3. The molecule has 40 heavy (non-hydrogen) atoms. The van der Waals surface area contributed by atoms with Crippen molar-refractivity contribution in [2.24, 2.45) is 46.3 Å². The smallest absolute Gasteiger partial charge is 0.305 e. The lowest BCUT2D eigenvalue weighted by Gasteiger charge is -2.63. The first-order valence-corrected chi connectivity index (χ1v) is 16.7. The molecule has 4 saturated carbocycles. The Morgan fingerprint density at radius 1 is 1.00 bits per heavy atom. The van der Waals surface area contributed by atoms with Crippen molar-refractivity contribution in [2.75, 3.05) is 7.11 Å². The van der Waals surface area contributed by atoms with Gasteiger partial charge in [0.05, 0.1) is 19.8 Å². The average molecular weight is 665 g/mol. The Morgan fingerprint density at radius 3 is 2.40 bits per heavy atom. The van der Waals surface area contributed by atoms with E-state index in [0.29, 0.717) is 54.0 Å². The molecule has 0 saturated heterocycles. The highest BCUT2D eigenvalue weighted by Crippen LogP contribution is 2.69. The largest absolute Gasteiger partial charge is 0.469 e. The van der Waals surface area contributed by atoms with E-state index in [1.165, 1.54) is 41.9 Å². The molecule has 0 heterocycles. The molecule has 4 fully saturated rings. The van der Waals surface area contributed by atoms with Gasteiger partial charge in [-0.15, -0.1) is 0 Å². The first-order valence-electron chi connectivity index (χ1n) is 15.6. The van der Waals surface area contributed by atoms with E-state index in [2.05, 4.69) is 67.6 Å². The number of hydrogen-bond donors (Lipinski definition) is 0. The zero-order chi connectivity index (χ0) is 28.7. The van der Waals surface area contributed by atoms with Crippen molar-refractivity contribution in [1.82, 2.24) is 0 Å². The van der Waals surface area contributed by atoms with Crippen molar-refractivity contribution in [3.8, 4) is 0 Å². The van der Waals surface area contributed by atoms with Crippen molar-refractivity contribution in [3.63, 3.8) is 0 Å². The van der Waals surface area contributed by atoms with Crippen LogP contribution < -0.4 is 0 Å². The Hall–Kier alpha value is -1.15. The Labute approximate surface area is 255 Å². The Balaban J connectivity index is 1.39. The summed E-state index contributed by atoms with van der Waals surface area (Å²) < 4.78 is 18.9. The number of carbonyl (C=O) groups is 2. The molecule has 0 N–H and O–H groups in total. The van der Waals surface area contributed by atoms with Gasteiger partial charge in [-0.25, -0.2) is 0 Å². The number of methoxy groups -OCH3 is 1. The van der Waals surface area contributed by atoms with E-state index in [-0.39, 0.29) is 29.6 Å². The second kappa shape index (κ2) is 12.2. The fraction of sp³-hybridized carbons (Fsp3) is 0.765. The van der Waals surface area contributed by atoms with Crippen LogP contribution in [-0.4, -0.2) is 31.3 Å². The molecule has 4 aliphatic carbocycles. The standard InChI is InChI=1S/C34H49IO5/c1-21(6-13-31(37)38-5)27-11-12-28-32-29(15-17-34(27,28)4)33(3)16-14-26(40-22(2)36)18-24(33)19-30(32)39-20-23-7-9-25(35)10-8-23/h7-10,21,24,26-30,32H,6,11-20H2,1-5H3/t21-,24+,26-,27-,28+,29+,30-,32+,33+,34-/m1/s1. The van der Waals surface area contributed by atoms with Gasteiger partial charge in [0.15, 0.2) is 0 Å². The molecule has 0 spiro atoms. The summed E-state index contributed by atoms with van der Waals surface area (Å²) in [5, 5.41) is 0. The lowest BCUT2D eigenvalue weighted by atomic mass is 9.43. The molecule has 0 amide bonds. The monoisotopic (exact) mass is 664 g/mol. The molecule has 0 unspecified atom stereocenters. The van der Waals surface area contributed by atoms with Crippen LogP contribution in [-0.2, 0) is 30.4 Å². The lowest BCUT2D eigenvalue weighted by molar-refractivity contribution is -0.195. The summed E-state index contributed by atoms with van der Waals surface area (Å²) in [5.74, 6) is 3.31. The van der Waals surface area contributed by atoms with Gasteiger partial charge < -0.3 is 14.2 Å². The van der Waals surface area contributed by atoms with E-state index >= 15 is 0 Å². The van der Waals surface area contributed by atoms with Gasteiger partial charge >= 0.3 is 11.9 Å². The van der Waals surface area contributed by atoms with Gasteiger partial charge in [0.1, 0.15) is 6.10 Å². The third-order valence-corrected chi connectivity index (χ3v) is 12.8. The summed E-state index contributed by atoms with van der Waals surface area (Å²) in [7, 11) is 1.49. The minimum atomic E-state index is -0.152. The fourth-order valence-corrected chi connectivity index (χ4v) is 10.4. The van der Waals surface area contributed by atoms with Crippen LogP contribution in [0.25, 0.3) is 0 Å². The van der Waals surface area contributed by atoms with Gasteiger partial charge in [-0.2, -0.15) is 0 Å². The molecule has 0 aliphatic heterocycles. The summed E-state index contributed by atoms with van der Waals surface area (Å²) >= 11 is 2.36. The normalized spacial score (nSPS) is 39.4. The maximum atomic E-state index is 11.9. The van der Waals surface area contributed by atoms with E-state index in [0.717, 1.165) is 32.1 Å². The van der Waals surface area contributed by atoms with Crippen molar-refractivity contribution in [1.29, 1.82) is 0 Å². The lowest BCUT2D eigenvalue weighted by Crippen LogP contribution is -2.59. The molecule has 5 nitrogen and oxygen atoms in total. The van der Waals surface area contributed by atoms with Crippen molar-refractivity contribution >= 4 is 34.5 Å². The Kier molecular flexibility index (Phi) is 9.26. The predicted octanol–water partition coefficient (Wildman–Crippen LogP) is 7.97. The Bertz CT molecular complexity index is 1060. The van der Waals surface area contributed by atoms with E-state index in [1.54, 1.807) is 6.92 Å². The third kappa shape index (κ3) is 5.87. The van der Waals surface area contributed by atoms with E-state index < -0.39 is 0 Å². The number of esters is 2. The van der Waals surface area contributed by atoms with Crippen LogP contribution in [0.4, 0.5) is 0 Å². The summed E-state index contributed by atoms with van der Waals surface area (Å²) in [6, 6.07) is 8.73. The molecule has 1 aromatic carbocycles. The van der Waals surface area contributed by atoms with Crippen molar-refractivity contribution in [3.05, 3.63) is 33.4 Å². The van der Waals surface area contributed by atoms with Crippen LogP contribution in [0.3, 0.4) is 0 Å². The van der Waals surface area contributed by atoms with Crippen LogP contribution in [0.5, 0.6) is 0 Å². The van der Waals surface area contributed by atoms with Crippen LogP contribution in [0.2, 0.25) is 0 Å². The SMILES string of the molecule is COC(=O)CC[C@@H](C)[C@H]1CC[C@H]2[C@@H]3[C@H](OCc4ccc(I)cc4)C[C@@H]4C[C@H](OC(C)=O)CC[C@]4(C)[C@H]3CC[C@]12C. The summed E-state index contributed by atoms with van der Waals surface area (Å²) in [6.07, 6.45) is 10.9. The molecule has 0 radical (unpaired) electrons. The van der Waals surface area contributed by atoms with Gasteiger partial charge in [-0.1, -0.05) is 32.9 Å². The quantitative estimate of drug-likeness (QED) is 0.209. The number of ether oxygens (including phenoxy) is 3. The molecular weight excluding hydrogens is 615 g/mol. The molecule has 4 aliphatic rings. The third-order valence-electron chi connectivity index (χ3n) is 12.1. The molecule has 1 aromatic rings. The Morgan fingerprint density at radius 2 is 1.70 bits per heavy atom. The zero-order valence-corrected chi connectivity index (χ0v) is 27.3. The van der Waals surface area contributed by atoms with Crippen LogP contribution in [0.1, 0.15) is 97.5 Å². The number of benzene rings is 1. The molecule has 6 heteroatoms. The number of carbonyl (C=O) groups excluding carboxylic acids is 2. The second-order valence-electron chi connectivity index (χ2n) is 14.0. The van der Waals surface area contributed by atoms with Gasteiger partial charge in [0, 0.05) is 16.9 Å². The first kappa shape index (κ1) is 30.3. The summed E-state index contributed by atoms with van der Waals surface area (Å²) in [6.45, 7) is 9.70. The minimum Gasteiger partial charge on any atom is -0.469 e. The number of fused-ring (bicyclic) bond motifs is 5. The maximum absolute atomic E-state index is 11.9. The van der Waals surface area contributed by atoms with Gasteiger partial charge in [0.2, 0.25) is 0 Å². The zero-order valence-electron chi connectivity index (χ0n) is 25.1. The highest BCUT2D eigenvalue weighted by molar-refractivity contribution is 14.1. The van der Waals surface area contributed by atoms with Crippen molar-refractivity contribution < 1.29 is 23.8 Å². The predicted molar refractivity (Wildman–Crippen MR) is 164 cm³/mol. The minimum absolute atomic E-state index is 0.0457. The molecule has 0 aromatic heterocycles. The fourth-order valence-electron chi connectivity index (χ4n) is 10.1. The van der Waals surface area contributed by atoms with Crippen LogP contribution >= 0.6 is 22.6 Å². The number of rotatable bonds is 8. The summed E-state index contributed by atoms with van der Waals surface area (Å²) in [5.41, 5.74) is 1.81. The first-order chi connectivity index (χ1) is 19.0. The number of hydrogen-bond acceptors (Lipinski definition) is 5. The maximum Gasteiger partial charge on any atom is 0.305 e. The van der Waals surface area contributed by atoms with Crippen LogP contribution in [0, 0.1) is 49.9 Å². The summed E-state index contributed by atoms with van der Waals surface area (Å²) in [4.78, 5) is 23.7. The average Bonchev–Trinajstić information content (AvgIpc) is 3.28. The number of halogens is 1. The van der Waals surface area contributed by atoms with Gasteiger partial charge in [0.25, 0.3) is 0 Å². The molecule has 222 valence electrons. The molecule has 10 atom stereocenters. The van der Waals surface area contributed by atoms with E-state index in [1.807, 2.05) is 0 Å². The molecule has 5 rings (SSSR count). The van der Waals surface area contributed by atoms with Crippen molar-refractivity contribution in [2.45, 2.75) is 111 Å². The van der Waals surface area contributed by atoms with E-state index in [4.69, 9.17) is 14.2 Å². The highest BCUT2D eigenvalue weighted by atomic mass is 127. The van der Waals surface area contributed by atoms with Gasteiger partial charge in [-0.3, -0.25) is 9.59 Å².